The second kappa shape index (κ2) is 5.03. The normalized spacial score (nSPS) is 10.6. The first-order chi connectivity index (χ1) is 7.84. The van der Waals surface area contributed by atoms with Gasteiger partial charge in [0.05, 0.1) is 11.4 Å². The van der Waals surface area contributed by atoms with Crippen LogP contribution >= 0.6 is 0 Å². The van der Waals surface area contributed by atoms with Crippen LogP contribution in [0.1, 0.15) is 24.2 Å². The fourth-order valence-corrected chi connectivity index (χ4v) is 1.77. The third kappa shape index (κ3) is 2.87. The molecule has 3 N–H and O–H groups in total. The van der Waals surface area contributed by atoms with Gasteiger partial charge in [0.2, 0.25) is 0 Å². The summed E-state index contributed by atoms with van der Waals surface area (Å²) in [4.78, 5) is 12.9. The van der Waals surface area contributed by atoms with Gasteiger partial charge < -0.3 is 15.7 Å². The Hall–Kier alpha value is -1.78. The van der Waals surface area contributed by atoms with Crippen molar-refractivity contribution >= 4 is 17.3 Å². The summed E-state index contributed by atoms with van der Waals surface area (Å²) in [6.45, 7) is 4.71. The third-order valence-corrected chi connectivity index (χ3v) is 2.43. The number of carboxylic acid groups (broad SMARTS) is 1. The molecule has 0 spiro atoms. The number of halogens is 1. The number of nitrogen functional groups attached to an aromatic ring is 1. The smallest absolute Gasteiger partial charge is 0.340 e. The quantitative estimate of drug-likeness (QED) is 0.792. The maximum absolute atomic E-state index is 13.2. The van der Waals surface area contributed by atoms with Crippen LogP contribution in [0.25, 0.3) is 0 Å². The van der Waals surface area contributed by atoms with E-state index in [1.54, 1.807) is 11.9 Å². The highest BCUT2D eigenvalue weighted by molar-refractivity contribution is 6.00. The zero-order valence-corrected chi connectivity index (χ0v) is 10.2. The summed E-state index contributed by atoms with van der Waals surface area (Å²) in [6, 6.07) is 2.63. The number of aromatic carboxylic acids is 1. The van der Waals surface area contributed by atoms with Crippen molar-refractivity contribution < 1.29 is 14.3 Å². The zero-order valence-electron chi connectivity index (χ0n) is 10.2. The number of anilines is 2. The molecule has 0 aliphatic carbocycles. The average molecular weight is 240 g/mol. The molecule has 5 heteroatoms. The van der Waals surface area contributed by atoms with Crippen LogP contribution in [-0.4, -0.2) is 24.7 Å². The molecule has 0 saturated heterocycles. The van der Waals surface area contributed by atoms with E-state index >= 15 is 0 Å². The minimum absolute atomic E-state index is 0.173. The Morgan fingerprint density at radius 3 is 2.59 bits per heavy atom. The highest BCUT2D eigenvalue weighted by Crippen LogP contribution is 2.28. The largest absolute Gasteiger partial charge is 0.478 e. The van der Waals surface area contributed by atoms with E-state index in [9.17, 15) is 9.18 Å². The molecule has 94 valence electrons. The molecular weight excluding hydrogens is 223 g/mol. The Balaban J connectivity index is 3.24. The van der Waals surface area contributed by atoms with Crippen molar-refractivity contribution in [3.05, 3.63) is 23.5 Å². The molecule has 1 rings (SSSR count). The standard InChI is InChI=1S/C12H17FN2O2/c1-7(2)6-15(3)9-5-4-8(13)11(14)10(9)12(16)17/h4-5,7H,6,14H2,1-3H3,(H,16,17). The second-order valence-electron chi connectivity index (χ2n) is 4.43. The summed E-state index contributed by atoms with van der Waals surface area (Å²) >= 11 is 0. The van der Waals surface area contributed by atoms with Crippen molar-refractivity contribution in [1.82, 2.24) is 0 Å². The number of benzene rings is 1. The Kier molecular flexibility index (Phi) is 3.93. The lowest BCUT2D eigenvalue weighted by Crippen LogP contribution is -2.25. The molecule has 17 heavy (non-hydrogen) atoms. The van der Waals surface area contributed by atoms with Crippen molar-refractivity contribution in [2.45, 2.75) is 13.8 Å². The van der Waals surface area contributed by atoms with Crippen LogP contribution < -0.4 is 10.6 Å². The molecule has 0 atom stereocenters. The number of hydrogen-bond donors (Lipinski definition) is 2. The predicted molar refractivity (Wildman–Crippen MR) is 65.9 cm³/mol. The summed E-state index contributed by atoms with van der Waals surface area (Å²) in [6.07, 6.45) is 0. The monoisotopic (exact) mass is 240 g/mol. The maximum atomic E-state index is 13.2. The predicted octanol–water partition coefficient (Wildman–Crippen LogP) is 2.20. The molecule has 0 aliphatic heterocycles. The van der Waals surface area contributed by atoms with E-state index in [4.69, 9.17) is 10.8 Å². The Morgan fingerprint density at radius 1 is 1.53 bits per heavy atom. The summed E-state index contributed by atoms with van der Waals surface area (Å²) in [5, 5.41) is 9.08. The fraction of sp³-hybridized carbons (Fsp3) is 0.417. The number of nitrogens with two attached hydrogens (primary N) is 1. The molecule has 0 aromatic heterocycles. The van der Waals surface area contributed by atoms with E-state index in [-0.39, 0.29) is 11.3 Å². The molecule has 0 bridgehead atoms. The first kappa shape index (κ1) is 13.3. The summed E-state index contributed by atoms with van der Waals surface area (Å²) in [5.74, 6) is -1.55. The van der Waals surface area contributed by atoms with Crippen LogP contribution in [0, 0.1) is 11.7 Å². The Labute approximate surface area is 99.8 Å². The van der Waals surface area contributed by atoms with Crippen LogP contribution in [0.5, 0.6) is 0 Å². The van der Waals surface area contributed by atoms with Gasteiger partial charge in [-0.2, -0.15) is 0 Å². The lowest BCUT2D eigenvalue weighted by atomic mass is 10.1. The van der Waals surface area contributed by atoms with Gasteiger partial charge in [-0.05, 0) is 18.1 Å². The van der Waals surface area contributed by atoms with Gasteiger partial charge in [0, 0.05) is 13.6 Å². The third-order valence-electron chi connectivity index (χ3n) is 2.43. The average Bonchev–Trinajstić information content (AvgIpc) is 2.19. The summed E-state index contributed by atoms with van der Waals surface area (Å²) in [5.41, 5.74) is 5.42. The molecule has 0 unspecified atom stereocenters. The second-order valence-corrected chi connectivity index (χ2v) is 4.43. The number of carboxylic acids is 1. The van der Waals surface area contributed by atoms with Gasteiger partial charge in [0.1, 0.15) is 11.4 Å². The molecule has 1 aromatic carbocycles. The van der Waals surface area contributed by atoms with Gasteiger partial charge in [0.15, 0.2) is 0 Å². The van der Waals surface area contributed by atoms with Gasteiger partial charge in [0.25, 0.3) is 0 Å². The molecule has 0 fully saturated rings. The van der Waals surface area contributed by atoms with Gasteiger partial charge in [-0.25, -0.2) is 9.18 Å². The highest BCUT2D eigenvalue weighted by Gasteiger charge is 2.20. The Morgan fingerprint density at radius 2 is 2.12 bits per heavy atom. The topological polar surface area (TPSA) is 66.6 Å². The van der Waals surface area contributed by atoms with E-state index in [0.29, 0.717) is 18.2 Å². The molecule has 1 aromatic rings. The van der Waals surface area contributed by atoms with Crippen molar-refractivity contribution in [3.8, 4) is 0 Å². The van der Waals surface area contributed by atoms with Crippen LogP contribution in [0.4, 0.5) is 15.8 Å². The van der Waals surface area contributed by atoms with Crippen molar-refractivity contribution in [2.24, 2.45) is 5.92 Å². The van der Waals surface area contributed by atoms with E-state index in [2.05, 4.69) is 0 Å². The van der Waals surface area contributed by atoms with Crippen LogP contribution in [0.3, 0.4) is 0 Å². The fourth-order valence-electron chi connectivity index (χ4n) is 1.77. The first-order valence-corrected chi connectivity index (χ1v) is 5.37. The van der Waals surface area contributed by atoms with E-state index in [1.807, 2.05) is 13.8 Å². The number of nitrogens with zero attached hydrogens (tertiary/aromatic N) is 1. The molecule has 0 radical (unpaired) electrons. The molecule has 4 nitrogen and oxygen atoms in total. The minimum Gasteiger partial charge on any atom is -0.478 e. The van der Waals surface area contributed by atoms with Crippen molar-refractivity contribution in [1.29, 1.82) is 0 Å². The molecule has 0 heterocycles. The maximum Gasteiger partial charge on any atom is 0.340 e. The molecular formula is C12H17FN2O2. The van der Waals surface area contributed by atoms with Crippen LogP contribution in [0.15, 0.2) is 12.1 Å². The van der Waals surface area contributed by atoms with Crippen LogP contribution in [-0.2, 0) is 0 Å². The van der Waals surface area contributed by atoms with E-state index < -0.39 is 11.8 Å². The number of rotatable bonds is 4. The minimum atomic E-state index is -1.22. The molecule has 0 aliphatic rings. The van der Waals surface area contributed by atoms with Gasteiger partial charge in [-0.3, -0.25) is 0 Å². The van der Waals surface area contributed by atoms with Gasteiger partial charge >= 0.3 is 5.97 Å². The van der Waals surface area contributed by atoms with Gasteiger partial charge in [-0.1, -0.05) is 13.8 Å². The van der Waals surface area contributed by atoms with Crippen molar-refractivity contribution in [2.75, 3.05) is 24.2 Å². The van der Waals surface area contributed by atoms with Gasteiger partial charge in [-0.15, -0.1) is 0 Å². The number of carbonyl (C=O) groups is 1. The highest BCUT2D eigenvalue weighted by atomic mass is 19.1. The lowest BCUT2D eigenvalue weighted by Gasteiger charge is -2.24. The zero-order chi connectivity index (χ0) is 13.2. The van der Waals surface area contributed by atoms with E-state index in [0.717, 1.165) is 0 Å². The molecule has 0 amide bonds. The summed E-state index contributed by atoms with van der Waals surface area (Å²) in [7, 11) is 1.76. The molecule has 0 saturated carbocycles. The van der Waals surface area contributed by atoms with Crippen LogP contribution in [0.2, 0.25) is 0 Å². The Bertz CT molecular complexity index is 433. The van der Waals surface area contributed by atoms with Crippen molar-refractivity contribution in [3.63, 3.8) is 0 Å². The van der Waals surface area contributed by atoms with E-state index in [1.165, 1.54) is 12.1 Å². The lowest BCUT2D eigenvalue weighted by molar-refractivity contribution is 0.0698. The first-order valence-electron chi connectivity index (χ1n) is 5.37. The number of hydrogen-bond acceptors (Lipinski definition) is 3. The SMILES string of the molecule is CC(C)CN(C)c1ccc(F)c(N)c1C(=O)O. The summed E-state index contributed by atoms with van der Waals surface area (Å²) < 4.78 is 13.2.